The number of hydrogen-bond donors (Lipinski definition) is 2. The number of carbonyl (C=O) groups is 2. The summed E-state index contributed by atoms with van der Waals surface area (Å²) in [7, 11) is 1.97. The van der Waals surface area contributed by atoms with Crippen molar-refractivity contribution in [3.8, 4) is 0 Å². The van der Waals surface area contributed by atoms with E-state index in [1.807, 2.05) is 7.05 Å². The van der Waals surface area contributed by atoms with E-state index in [9.17, 15) is 14.7 Å². The average Bonchev–Trinajstić information content (AvgIpc) is 2.69. The molecule has 2 N–H and O–H groups in total. The second-order valence-electron chi connectivity index (χ2n) is 6.16. The lowest BCUT2D eigenvalue weighted by Crippen LogP contribution is -2.47. The van der Waals surface area contributed by atoms with Gasteiger partial charge in [-0.15, -0.1) is 0 Å². The van der Waals surface area contributed by atoms with Gasteiger partial charge in [0.05, 0.1) is 5.02 Å². The third-order valence-corrected chi connectivity index (χ3v) is 4.39. The zero-order valence-electron chi connectivity index (χ0n) is 15.1. The second-order valence-corrected chi connectivity index (χ2v) is 6.59. The molecule has 0 aliphatic carbocycles. The first kappa shape index (κ1) is 19.8. The lowest BCUT2D eigenvalue weighted by molar-refractivity contribution is 0.0538. The van der Waals surface area contributed by atoms with Crippen LogP contribution in [0.25, 0.3) is 0 Å². The summed E-state index contributed by atoms with van der Waals surface area (Å²) in [5.74, 6) is -0.947. The van der Waals surface area contributed by atoms with Crippen LogP contribution in [0.2, 0.25) is 5.02 Å². The molecular weight excluding hydrogens is 388 g/mol. The largest absolute Gasteiger partial charge is 0.476 e. The molecule has 0 saturated carbocycles. The Labute approximate surface area is 166 Å². The minimum Gasteiger partial charge on any atom is -0.476 e. The Hall–Kier alpha value is -2.98. The maximum absolute atomic E-state index is 12.6. The summed E-state index contributed by atoms with van der Waals surface area (Å²) in [5.41, 5.74) is -0.352. The first-order valence-electron chi connectivity index (χ1n) is 8.50. The molecule has 1 aliphatic heterocycles. The monoisotopic (exact) mass is 406 g/mol. The van der Waals surface area contributed by atoms with Gasteiger partial charge in [-0.25, -0.2) is 19.6 Å². The smallest absolute Gasteiger partial charge is 0.412 e. The Morgan fingerprint density at radius 1 is 1.18 bits per heavy atom. The van der Waals surface area contributed by atoms with Crippen LogP contribution < -0.4 is 5.32 Å². The van der Waals surface area contributed by atoms with Crippen LogP contribution in [0, 0.1) is 0 Å². The molecule has 0 aromatic carbocycles. The molecule has 148 valence electrons. The molecule has 10 nitrogen and oxygen atoms in total. The van der Waals surface area contributed by atoms with Gasteiger partial charge in [0.1, 0.15) is 11.5 Å². The number of ether oxygens (including phenoxy) is 1. The van der Waals surface area contributed by atoms with E-state index in [-0.39, 0.29) is 11.4 Å². The third-order valence-electron chi connectivity index (χ3n) is 4.16. The number of carbonyl (C=O) groups excluding carboxylic acids is 1. The summed E-state index contributed by atoms with van der Waals surface area (Å²) in [6, 6.07) is 3.18. The van der Waals surface area contributed by atoms with Gasteiger partial charge in [-0.3, -0.25) is 4.98 Å². The van der Waals surface area contributed by atoms with E-state index in [1.54, 1.807) is 17.0 Å². The standard InChI is InChI=1S/C17H19ClN6O4/c1-23-6-8-24(9-7-23)17(27)28-15(22-12-3-2-11(18)10-21-12)13-14(16(25)26)20-5-4-19-13/h2-5,10,15H,6-9H2,1H3,(H,21,22)(H,25,26). The highest BCUT2D eigenvalue weighted by Crippen LogP contribution is 2.22. The molecule has 1 amide bonds. The Bertz CT molecular complexity index is 842. The van der Waals surface area contributed by atoms with E-state index in [0.29, 0.717) is 23.9 Å². The van der Waals surface area contributed by atoms with Crippen LogP contribution in [0.15, 0.2) is 30.7 Å². The van der Waals surface area contributed by atoms with Crippen LogP contribution in [-0.2, 0) is 4.74 Å². The molecule has 28 heavy (non-hydrogen) atoms. The molecule has 11 heteroatoms. The summed E-state index contributed by atoms with van der Waals surface area (Å²) >= 11 is 5.84. The van der Waals surface area contributed by atoms with Gasteiger partial charge in [-0.05, 0) is 19.2 Å². The minimum absolute atomic E-state index is 0.0331. The fourth-order valence-corrected chi connectivity index (χ4v) is 2.73. The van der Waals surface area contributed by atoms with Crippen molar-refractivity contribution in [1.29, 1.82) is 0 Å². The summed E-state index contributed by atoms with van der Waals surface area (Å²) in [4.78, 5) is 39.8. The Balaban J connectivity index is 1.85. The van der Waals surface area contributed by atoms with E-state index in [1.165, 1.54) is 18.6 Å². The molecule has 1 unspecified atom stereocenters. The van der Waals surface area contributed by atoms with E-state index in [2.05, 4.69) is 25.2 Å². The minimum atomic E-state index is -1.28. The van der Waals surface area contributed by atoms with Crippen LogP contribution in [-0.4, -0.2) is 75.1 Å². The van der Waals surface area contributed by atoms with Gasteiger partial charge in [0.25, 0.3) is 0 Å². The predicted octanol–water partition coefficient (Wildman–Crippen LogP) is 1.72. The number of halogens is 1. The number of nitrogens with one attached hydrogen (secondary N) is 1. The highest BCUT2D eigenvalue weighted by atomic mass is 35.5. The molecule has 2 aromatic heterocycles. The topological polar surface area (TPSA) is 121 Å². The number of aromatic nitrogens is 3. The number of hydrogen-bond acceptors (Lipinski definition) is 8. The molecule has 0 radical (unpaired) electrons. The Kier molecular flexibility index (Phi) is 6.22. The molecule has 3 heterocycles. The summed E-state index contributed by atoms with van der Waals surface area (Å²) in [6.45, 7) is 2.45. The number of rotatable bonds is 5. The number of amides is 1. The van der Waals surface area contributed by atoms with E-state index in [4.69, 9.17) is 16.3 Å². The lowest BCUT2D eigenvalue weighted by atomic mass is 10.2. The second kappa shape index (κ2) is 8.81. The lowest BCUT2D eigenvalue weighted by Gasteiger charge is -2.32. The van der Waals surface area contributed by atoms with Crippen molar-refractivity contribution in [2.45, 2.75) is 6.23 Å². The number of carboxylic acids is 1. The zero-order chi connectivity index (χ0) is 20.1. The molecule has 0 spiro atoms. The molecular formula is C17H19ClN6O4. The van der Waals surface area contributed by atoms with Crippen LogP contribution in [0.4, 0.5) is 10.6 Å². The molecule has 1 aliphatic rings. The van der Waals surface area contributed by atoms with Crippen molar-refractivity contribution in [3.63, 3.8) is 0 Å². The number of carboxylic acid groups (broad SMARTS) is 1. The van der Waals surface area contributed by atoms with E-state index < -0.39 is 18.3 Å². The zero-order valence-corrected chi connectivity index (χ0v) is 15.8. The fraction of sp³-hybridized carbons (Fsp3) is 0.353. The maximum Gasteiger partial charge on any atom is 0.412 e. The van der Waals surface area contributed by atoms with Crippen LogP contribution in [0.5, 0.6) is 0 Å². The average molecular weight is 407 g/mol. The van der Waals surface area contributed by atoms with Gasteiger partial charge in [-0.1, -0.05) is 11.6 Å². The molecule has 3 rings (SSSR count). The first-order valence-corrected chi connectivity index (χ1v) is 8.88. The van der Waals surface area contributed by atoms with Crippen LogP contribution >= 0.6 is 11.6 Å². The SMILES string of the molecule is CN1CCN(C(=O)OC(Nc2ccc(Cl)cn2)c2nccnc2C(=O)O)CC1. The van der Waals surface area contributed by atoms with Crippen LogP contribution in [0.1, 0.15) is 22.4 Å². The number of piperazine rings is 1. The van der Waals surface area contributed by atoms with E-state index >= 15 is 0 Å². The highest BCUT2D eigenvalue weighted by molar-refractivity contribution is 6.30. The first-order chi connectivity index (χ1) is 13.4. The van der Waals surface area contributed by atoms with Crippen molar-refractivity contribution in [2.24, 2.45) is 0 Å². The molecule has 1 fully saturated rings. The number of aromatic carboxylic acids is 1. The normalized spacial score (nSPS) is 15.7. The van der Waals surface area contributed by atoms with Crippen molar-refractivity contribution in [3.05, 3.63) is 47.1 Å². The van der Waals surface area contributed by atoms with E-state index in [0.717, 1.165) is 13.1 Å². The van der Waals surface area contributed by atoms with Crippen molar-refractivity contribution in [2.75, 3.05) is 38.5 Å². The molecule has 2 aromatic rings. The van der Waals surface area contributed by atoms with Crippen molar-refractivity contribution < 1.29 is 19.4 Å². The van der Waals surface area contributed by atoms with Gasteiger partial charge < -0.3 is 25.0 Å². The Morgan fingerprint density at radius 3 is 2.54 bits per heavy atom. The number of nitrogens with zero attached hydrogens (tertiary/aromatic N) is 5. The quantitative estimate of drug-likeness (QED) is 0.714. The van der Waals surface area contributed by atoms with Gasteiger partial charge >= 0.3 is 12.1 Å². The molecule has 1 saturated heterocycles. The van der Waals surface area contributed by atoms with Gasteiger partial charge in [0.15, 0.2) is 5.69 Å². The summed E-state index contributed by atoms with van der Waals surface area (Å²) < 4.78 is 5.55. The molecule has 1 atom stereocenters. The maximum atomic E-state index is 12.6. The van der Waals surface area contributed by atoms with Gasteiger partial charge in [-0.2, -0.15) is 0 Å². The van der Waals surface area contributed by atoms with Gasteiger partial charge in [0, 0.05) is 44.8 Å². The summed E-state index contributed by atoms with van der Waals surface area (Å²) in [6.07, 6.45) is 2.22. The predicted molar refractivity (Wildman–Crippen MR) is 100 cm³/mol. The van der Waals surface area contributed by atoms with Crippen molar-refractivity contribution >= 4 is 29.5 Å². The summed E-state index contributed by atoms with van der Waals surface area (Å²) in [5, 5.41) is 12.7. The molecule has 0 bridgehead atoms. The van der Waals surface area contributed by atoms with Crippen molar-refractivity contribution in [1.82, 2.24) is 24.8 Å². The van der Waals surface area contributed by atoms with Crippen LogP contribution in [0.3, 0.4) is 0 Å². The van der Waals surface area contributed by atoms with Gasteiger partial charge in [0.2, 0.25) is 6.23 Å². The number of pyridine rings is 1. The number of anilines is 1. The Morgan fingerprint density at radius 2 is 1.89 bits per heavy atom. The third kappa shape index (κ3) is 4.84. The highest BCUT2D eigenvalue weighted by Gasteiger charge is 2.29. The fourth-order valence-electron chi connectivity index (χ4n) is 2.62. The number of likely N-dealkylation sites (N-methyl/N-ethyl adjacent to an activating group) is 1.